The van der Waals surface area contributed by atoms with E-state index in [1.165, 1.54) is 0 Å². The number of H-pyrrole nitrogens is 1. The lowest BCUT2D eigenvalue weighted by atomic mass is 10.1. The molecule has 0 aliphatic rings. The van der Waals surface area contributed by atoms with Crippen LogP contribution in [0.2, 0.25) is 0 Å². The van der Waals surface area contributed by atoms with Crippen LogP contribution in [0.25, 0.3) is 23.1 Å². The van der Waals surface area contributed by atoms with Crippen molar-refractivity contribution >= 4 is 46.3 Å². The summed E-state index contributed by atoms with van der Waals surface area (Å²) < 4.78 is 0. The van der Waals surface area contributed by atoms with Crippen LogP contribution < -0.4 is 10.6 Å². The molecule has 2 heterocycles. The van der Waals surface area contributed by atoms with Gasteiger partial charge in [0.2, 0.25) is 0 Å². The number of aromatic nitrogens is 3. The smallest absolute Gasteiger partial charge is 0.303 e. The Morgan fingerprint density at radius 2 is 1.88 bits per heavy atom. The minimum atomic E-state index is -0.879. The number of amides is 1. The van der Waals surface area contributed by atoms with Crippen LogP contribution in [0, 0.1) is 0 Å². The van der Waals surface area contributed by atoms with E-state index in [0.29, 0.717) is 24.2 Å². The van der Waals surface area contributed by atoms with Gasteiger partial charge in [-0.25, -0.2) is 0 Å². The molecule has 0 saturated heterocycles. The second kappa shape index (κ2) is 10.2. The first kappa shape index (κ1) is 21.8. The summed E-state index contributed by atoms with van der Waals surface area (Å²) in [5, 5.41) is 23.2. The van der Waals surface area contributed by atoms with Gasteiger partial charge in [-0.2, -0.15) is 5.10 Å². The molecule has 2 aromatic carbocycles. The van der Waals surface area contributed by atoms with Crippen LogP contribution in [-0.2, 0) is 4.79 Å². The first-order valence-electron chi connectivity index (χ1n) is 10.5. The van der Waals surface area contributed by atoms with E-state index in [4.69, 9.17) is 5.11 Å². The summed E-state index contributed by atoms with van der Waals surface area (Å²) in [4.78, 5) is 27.5. The molecule has 0 aliphatic heterocycles. The van der Waals surface area contributed by atoms with E-state index in [1.807, 2.05) is 60.7 Å². The minimum absolute atomic E-state index is 0.0173. The number of carboxylic acids is 1. The molecule has 4 rings (SSSR count). The molecule has 4 aromatic rings. The average Bonchev–Trinajstić information content (AvgIpc) is 3.23. The van der Waals surface area contributed by atoms with E-state index in [0.717, 1.165) is 28.0 Å². The highest BCUT2D eigenvalue weighted by atomic mass is 16.4. The zero-order valence-electron chi connectivity index (χ0n) is 17.8. The highest BCUT2D eigenvalue weighted by Crippen LogP contribution is 2.26. The molecular weight excluding hydrogens is 418 g/mol. The van der Waals surface area contributed by atoms with E-state index in [9.17, 15) is 9.59 Å². The van der Waals surface area contributed by atoms with Crippen LogP contribution >= 0.6 is 0 Å². The van der Waals surface area contributed by atoms with Gasteiger partial charge < -0.3 is 15.7 Å². The monoisotopic (exact) mass is 441 g/mol. The standard InChI is InChI=1S/C25H23N5O3/c31-24(32)9-5-15-27-25(33)20-7-1-2-8-21(20)28-18-10-12-19-22(29-30-23(19)16-18)13-11-17-6-3-4-14-26-17/h1-4,6-8,10-14,16,28H,5,9,15H2,(H,27,33)(H,29,30)(H,31,32)/b13-11+. The van der Waals surface area contributed by atoms with Gasteiger partial charge in [0.25, 0.3) is 5.91 Å². The minimum Gasteiger partial charge on any atom is -0.481 e. The summed E-state index contributed by atoms with van der Waals surface area (Å²) in [7, 11) is 0. The number of nitrogens with zero attached hydrogens (tertiary/aromatic N) is 2. The Kier molecular flexibility index (Phi) is 6.75. The summed E-state index contributed by atoms with van der Waals surface area (Å²) in [5.74, 6) is -1.14. The third-order valence-corrected chi connectivity index (χ3v) is 5.00. The van der Waals surface area contributed by atoms with Crippen molar-refractivity contribution in [2.24, 2.45) is 0 Å². The molecule has 4 N–H and O–H groups in total. The Bertz CT molecular complexity index is 1300. The van der Waals surface area contributed by atoms with Crippen molar-refractivity contribution in [3.05, 3.63) is 83.8 Å². The number of pyridine rings is 1. The summed E-state index contributed by atoms with van der Waals surface area (Å²) in [5.41, 5.74) is 4.46. The lowest BCUT2D eigenvalue weighted by Crippen LogP contribution is -2.25. The molecule has 0 bridgehead atoms. The molecule has 8 nitrogen and oxygen atoms in total. The lowest BCUT2D eigenvalue weighted by Gasteiger charge is -2.12. The Labute approximate surface area is 190 Å². The van der Waals surface area contributed by atoms with Crippen LogP contribution in [0.1, 0.15) is 34.6 Å². The van der Waals surface area contributed by atoms with E-state index in [1.54, 1.807) is 18.3 Å². The quantitative estimate of drug-likeness (QED) is 0.285. The molecule has 0 aliphatic carbocycles. The number of hydrogen-bond donors (Lipinski definition) is 4. The number of hydrogen-bond acceptors (Lipinski definition) is 5. The van der Waals surface area contributed by atoms with Crippen LogP contribution in [0.15, 0.2) is 66.9 Å². The molecule has 0 unspecified atom stereocenters. The topological polar surface area (TPSA) is 120 Å². The van der Waals surface area contributed by atoms with Crippen molar-refractivity contribution in [1.29, 1.82) is 0 Å². The Balaban J connectivity index is 1.48. The van der Waals surface area contributed by atoms with Crippen molar-refractivity contribution in [3.8, 4) is 0 Å². The second-order valence-electron chi connectivity index (χ2n) is 7.38. The highest BCUT2D eigenvalue weighted by Gasteiger charge is 2.12. The fourth-order valence-electron chi connectivity index (χ4n) is 3.37. The Hall–Kier alpha value is -4.46. The van der Waals surface area contributed by atoms with Crippen molar-refractivity contribution < 1.29 is 14.7 Å². The fraction of sp³-hybridized carbons (Fsp3) is 0.120. The number of carboxylic acid groups (broad SMARTS) is 1. The molecule has 0 fully saturated rings. The molecule has 166 valence electrons. The molecular formula is C25H23N5O3. The maximum Gasteiger partial charge on any atom is 0.303 e. The Morgan fingerprint density at radius 3 is 2.70 bits per heavy atom. The number of rotatable bonds is 9. The highest BCUT2D eigenvalue weighted by molar-refractivity contribution is 6.00. The van der Waals surface area contributed by atoms with Gasteiger partial charge in [0.1, 0.15) is 0 Å². The summed E-state index contributed by atoms with van der Waals surface area (Å²) >= 11 is 0. The number of fused-ring (bicyclic) bond motifs is 1. The molecule has 1 amide bonds. The van der Waals surface area contributed by atoms with Crippen molar-refractivity contribution in [1.82, 2.24) is 20.5 Å². The maximum absolute atomic E-state index is 12.6. The number of aromatic amines is 1. The van der Waals surface area contributed by atoms with Gasteiger partial charge in [-0.15, -0.1) is 0 Å². The predicted octanol–water partition coefficient (Wildman–Crippen LogP) is 4.47. The molecule has 8 heteroatoms. The van der Waals surface area contributed by atoms with Gasteiger partial charge in [-0.1, -0.05) is 18.2 Å². The van der Waals surface area contributed by atoms with Gasteiger partial charge in [0.05, 0.1) is 28.2 Å². The number of benzene rings is 2. The summed E-state index contributed by atoms with van der Waals surface area (Å²) in [6.45, 7) is 0.300. The largest absolute Gasteiger partial charge is 0.481 e. The molecule has 33 heavy (non-hydrogen) atoms. The van der Waals surface area contributed by atoms with E-state index < -0.39 is 5.97 Å². The normalized spacial score (nSPS) is 11.0. The fourth-order valence-corrected chi connectivity index (χ4v) is 3.37. The van der Waals surface area contributed by atoms with Crippen LogP contribution in [0.4, 0.5) is 11.4 Å². The van der Waals surface area contributed by atoms with E-state index in [-0.39, 0.29) is 12.3 Å². The van der Waals surface area contributed by atoms with Crippen LogP contribution in [0.3, 0.4) is 0 Å². The number of nitrogens with one attached hydrogen (secondary N) is 3. The molecule has 0 atom stereocenters. The maximum atomic E-state index is 12.6. The number of carbonyl (C=O) groups excluding carboxylic acids is 1. The summed E-state index contributed by atoms with van der Waals surface area (Å²) in [6, 6.07) is 18.7. The average molecular weight is 441 g/mol. The first-order chi connectivity index (χ1) is 16.1. The zero-order chi connectivity index (χ0) is 23.0. The molecule has 0 radical (unpaired) electrons. The number of para-hydroxylation sites is 1. The van der Waals surface area contributed by atoms with Gasteiger partial charge in [0, 0.05) is 30.2 Å². The van der Waals surface area contributed by atoms with Crippen molar-refractivity contribution in [3.63, 3.8) is 0 Å². The van der Waals surface area contributed by atoms with Crippen LogP contribution in [-0.4, -0.2) is 38.7 Å². The van der Waals surface area contributed by atoms with Crippen LogP contribution in [0.5, 0.6) is 0 Å². The van der Waals surface area contributed by atoms with Gasteiger partial charge >= 0.3 is 5.97 Å². The third kappa shape index (κ3) is 5.62. The molecule has 0 saturated carbocycles. The SMILES string of the molecule is O=C(O)CCCNC(=O)c1ccccc1Nc1ccc2c(/C=C/c3ccccn3)n[nH]c2c1. The van der Waals surface area contributed by atoms with Gasteiger partial charge in [0.15, 0.2) is 0 Å². The lowest BCUT2D eigenvalue weighted by molar-refractivity contribution is -0.137. The summed E-state index contributed by atoms with van der Waals surface area (Å²) in [6.07, 6.45) is 5.97. The van der Waals surface area contributed by atoms with Gasteiger partial charge in [-0.3, -0.25) is 19.7 Å². The molecule has 2 aromatic heterocycles. The van der Waals surface area contributed by atoms with Crippen molar-refractivity contribution in [2.75, 3.05) is 11.9 Å². The first-order valence-corrected chi connectivity index (χ1v) is 10.5. The van der Waals surface area contributed by atoms with Crippen molar-refractivity contribution in [2.45, 2.75) is 12.8 Å². The van der Waals surface area contributed by atoms with Gasteiger partial charge in [-0.05, 0) is 61.0 Å². The van der Waals surface area contributed by atoms with E-state index >= 15 is 0 Å². The zero-order valence-corrected chi connectivity index (χ0v) is 17.8. The Morgan fingerprint density at radius 1 is 1.03 bits per heavy atom. The number of anilines is 2. The molecule has 0 spiro atoms. The number of carbonyl (C=O) groups is 2. The van der Waals surface area contributed by atoms with E-state index in [2.05, 4.69) is 25.8 Å². The predicted molar refractivity (Wildman–Crippen MR) is 128 cm³/mol. The third-order valence-electron chi connectivity index (χ3n) is 5.00. The second-order valence-corrected chi connectivity index (χ2v) is 7.38. The number of aliphatic carboxylic acids is 1.